The maximum atomic E-state index is 3.99. The van der Waals surface area contributed by atoms with E-state index in [1.165, 1.54) is 0 Å². The van der Waals surface area contributed by atoms with Crippen molar-refractivity contribution in [3.63, 3.8) is 0 Å². The Morgan fingerprint density at radius 3 is 1.73 bits per heavy atom. The van der Waals surface area contributed by atoms with Crippen LogP contribution >= 0.6 is 0 Å². The second-order valence-corrected chi connectivity index (χ2v) is 9.02. The molecule has 2 rings (SSSR count). The van der Waals surface area contributed by atoms with Gasteiger partial charge in [-0.1, -0.05) is 25.7 Å². The Morgan fingerprint density at radius 2 is 1.53 bits per heavy atom. The Hall–Kier alpha value is -1.42. The zero-order valence-electron chi connectivity index (χ0n) is 9.46. The van der Waals surface area contributed by atoms with Crippen LogP contribution in [0.4, 0.5) is 0 Å². The third-order valence-electron chi connectivity index (χ3n) is 1.85. The molecule has 2 heterocycles. The van der Waals surface area contributed by atoms with Gasteiger partial charge in [-0.15, -0.1) is 0 Å². The Bertz CT molecular complexity index is 324. The molecule has 0 amide bonds. The van der Waals surface area contributed by atoms with Crippen LogP contribution in [0.3, 0.4) is 0 Å². The van der Waals surface area contributed by atoms with Crippen LogP contribution in [0, 0.1) is 0 Å². The summed E-state index contributed by atoms with van der Waals surface area (Å²) in [7, 11) is -1.13. The topological polar surface area (TPSA) is 30.7 Å². The molecule has 0 spiro atoms. The van der Waals surface area contributed by atoms with Gasteiger partial charge in [0.15, 0.2) is 8.24 Å². The van der Waals surface area contributed by atoms with Gasteiger partial charge in [0.05, 0.1) is 6.33 Å². The minimum Gasteiger partial charge on any atom is -0.365 e. The highest BCUT2D eigenvalue weighted by Gasteiger charge is 2.13. The molecule has 0 aromatic carbocycles. The number of rotatable bonds is 1. The fourth-order valence-electron chi connectivity index (χ4n) is 0.969. The lowest BCUT2D eigenvalue weighted by Gasteiger charge is -2.16. The van der Waals surface area contributed by atoms with Crippen molar-refractivity contribution in [1.29, 1.82) is 0 Å². The Morgan fingerprint density at radius 1 is 0.867 bits per heavy atom. The van der Waals surface area contributed by atoms with Gasteiger partial charge in [-0.05, 0) is 12.1 Å². The lowest BCUT2D eigenvalue weighted by molar-refractivity contribution is 1.12. The summed E-state index contributed by atoms with van der Waals surface area (Å²) < 4.78 is 2.22. The van der Waals surface area contributed by atoms with E-state index in [0.717, 1.165) is 0 Å². The zero-order valence-corrected chi connectivity index (χ0v) is 10.5. The van der Waals surface area contributed by atoms with Crippen molar-refractivity contribution in [3.8, 4) is 0 Å². The lowest BCUT2D eigenvalue weighted by Crippen LogP contribution is -2.30. The Labute approximate surface area is 91.9 Å². The van der Waals surface area contributed by atoms with Gasteiger partial charge in [-0.25, -0.2) is 4.98 Å². The van der Waals surface area contributed by atoms with Crippen molar-refractivity contribution in [1.82, 2.24) is 14.2 Å². The van der Waals surface area contributed by atoms with E-state index in [2.05, 4.69) is 33.8 Å². The molecule has 0 saturated heterocycles. The number of aromatic nitrogens is 3. The standard InChI is InChI=1S/C6H12N2Si.C5H5N/c1-9(2,3)8-5-4-7-6-8;1-2-4-6-5-3-1/h4-6H,1-3H3;1-5H. The quantitative estimate of drug-likeness (QED) is 0.690. The molecule has 0 aliphatic heterocycles. The van der Waals surface area contributed by atoms with Gasteiger partial charge in [0.2, 0.25) is 0 Å². The summed E-state index contributed by atoms with van der Waals surface area (Å²) in [6.45, 7) is 6.86. The average Bonchev–Trinajstić information content (AvgIpc) is 2.73. The molecule has 0 aliphatic carbocycles. The van der Waals surface area contributed by atoms with E-state index in [-0.39, 0.29) is 0 Å². The van der Waals surface area contributed by atoms with Gasteiger partial charge in [0.1, 0.15) is 0 Å². The monoisotopic (exact) mass is 219 g/mol. The average molecular weight is 219 g/mol. The minimum atomic E-state index is -1.13. The number of hydrogen-bond donors (Lipinski definition) is 0. The van der Waals surface area contributed by atoms with E-state index >= 15 is 0 Å². The molecule has 2 aromatic rings. The number of pyridine rings is 1. The summed E-state index contributed by atoms with van der Waals surface area (Å²) in [6, 6.07) is 5.72. The van der Waals surface area contributed by atoms with Gasteiger partial charge in [-0.2, -0.15) is 0 Å². The molecule has 0 atom stereocenters. The molecule has 0 fully saturated rings. The van der Waals surface area contributed by atoms with Crippen LogP contribution in [0.2, 0.25) is 19.6 Å². The fourth-order valence-corrected chi connectivity index (χ4v) is 1.90. The van der Waals surface area contributed by atoms with E-state index < -0.39 is 8.24 Å². The molecule has 0 aliphatic rings. The molecule has 80 valence electrons. The Balaban J connectivity index is 0.000000162. The first-order valence-corrected chi connectivity index (χ1v) is 8.39. The van der Waals surface area contributed by atoms with Crippen molar-refractivity contribution in [3.05, 3.63) is 49.3 Å². The van der Waals surface area contributed by atoms with E-state index in [1.807, 2.05) is 36.9 Å². The highest BCUT2D eigenvalue weighted by Crippen LogP contribution is 2.03. The number of hydrogen-bond acceptors (Lipinski definition) is 2. The van der Waals surface area contributed by atoms with Gasteiger partial charge in [-0.3, -0.25) is 4.98 Å². The molecule has 15 heavy (non-hydrogen) atoms. The predicted molar refractivity (Wildman–Crippen MR) is 65.2 cm³/mol. The second kappa shape index (κ2) is 5.46. The maximum absolute atomic E-state index is 3.99. The molecule has 0 unspecified atom stereocenters. The summed E-state index contributed by atoms with van der Waals surface area (Å²) in [6.07, 6.45) is 9.26. The highest BCUT2D eigenvalue weighted by molar-refractivity contribution is 6.74. The third-order valence-corrected chi connectivity index (χ3v) is 3.66. The number of nitrogens with zero attached hydrogens (tertiary/aromatic N) is 3. The summed E-state index contributed by atoms with van der Waals surface area (Å²) in [5.41, 5.74) is 0. The molecule has 2 aromatic heterocycles. The summed E-state index contributed by atoms with van der Waals surface area (Å²) >= 11 is 0. The van der Waals surface area contributed by atoms with Crippen molar-refractivity contribution in [2.45, 2.75) is 19.6 Å². The number of imidazole rings is 1. The highest BCUT2D eigenvalue weighted by atomic mass is 28.3. The van der Waals surface area contributed by atoms with E-state index in [0.29, 0.717) is 0 Å². The summed E-state index contributed by atoms with van der Waals surface area (Å²) in [5.74, 6) is 0. The van der Waals surface area contributed by atoms with Crippen LogP contribution in [-0.2, 0) is 0 Å². The van der Waals surface area contributed by atoms with Gasteiger partial charge >= 0.3 is 0 Å². The van der Waals surface area contributed by atoms with Crippen molar-refractivity contribution < 1.29 is 0 Å². The lowest BCUT2D eigenvalue weighted by atomic mass is 10.5. The SMILES string of the molecule is C[Si](C)(C)n1ccnc1.c1ccncc1. The normalized spacial score (nSPS) is 10.3. The largest absolute Gasteiger partial charge is 0.365 e. The molecule has 0 saturated carbocycles. The first-order valence-electron chi connectivity index (χ1n) is 4.94. The summed E-state index contributed by atoms with van der Waals surface area (Å²) in [4.78, 5) is 7.77. The minimum absolute atomic E-state index is 1.13. The van der Waals surface area contributed by atoms with Crippen LogP contribution in [0.1, 0.15) is 0 Å². The maximum Gasteiger partial charge on any atom is 0.154 e. The van der Waals surface area contributed by atoms with Crippen molar-refractivity contribution >= 4 is 8.24 Å². The van der Waals surface area contributed by atoms with Crippen LogP contribution in [0.25, 0.3) is 0 Å². The van der Waals surface area contributed by atoms with E-state index in [4.69, 9.17) is 0 Å². The molecular formula is C11H17N3Si. The molecular weight excluding hydrogens is 202 g/mol. The molecule has 0 N–H and O–H groups in total. The van der Waals surface area contributed by atoms with E-state index in [9.17, 15) is 0 Å². The van der Waals surface area contributed by atoms with Crippen molar-refractivity contribution in [2.75, 3.05) is 0 Å². The fraction of sp³-hybridized carbons (Fsp3) is 0.273. The Kier molecular flexibility index (Phi) is 4.24. The van der Waals surface area contributed by atoms with Crippen LogP contribution < -0.4 is 0 Å². The first-order chi connectivity index (χ1) is 7.11. The van der Waals surface area contributed by atoms with Crippen molar-refractivity contribution in [2.24, 2.45) is 0 Å². The molecule has 3 nitrogen and oxygen atoms in total. The van der Waals surface area contributed by atoms with Gasteiger partial charge in [0.25, 0.3) is 0 Å². The smallest absolute Gasteiger partial charge is 0.154 e. The second-order valence-electron chi connectivity index (χ2n) is 4.17. The van der Waals surface area contributed by atoms with Gasteiger partial charge < -0.3 is 4.23 Å². The third kappa shape index (κ3) is 4.55. The predicted octanol–water partition coefficient (Wildman–Crippen LogP) is 2.65. The molecule has 0 bridgehead atoms. The molecule has 4 heteroatoms. The van der Waals surface area contributed by atoms with Crippen LogP contribution in [0.5, 0.6) is 0 Å². The van der Waals surface area contributed by atoms with Crippen LogP contribution in [0.15, 0.2) is 49.3 Å². The first kappa shape index (κ1) is 11.7. The summed E-state index contributed by atoms with van der Waals surface area (Å²) in [5, 5.41) is 0. The zero-order chi connectivity index (χ0) is 11.1. The van der Waals surface area contributed by atoms with Crippen LogP contribution in [-0.4, -0.2) is 22.4 Å². The molecule has 0 radical (unpaired) electrons. The van der Waals surface area contributed by atoms with Gasteiger partial charge in [0, 0.05) is 24.8 Å². The van der Waals surface area contributed by atoms with E-state index in [1.54, 1.807) is 12.4 Å².